The molecule has 14 heavy (non-hydrogen) atoms. The second-order valence-electron chi connectivity index (χ2n) is 2.38. The van der Waals surface area contributed by atoms with Crippen LogP contribution in [0.4, 0.5) is 5.69 Å². The molecule has 0 saturated heterocycles. The van der Waals surface area contributed by atoms with E-state index in [1.807, 2.05) is 0 Å². The number of halogens is 2. The Balaban J connectivity index is 2.95. The highest BCUT2D eigenvalue weighted by Crippen LogP contribution is 2.33. The van der Waals surface area contributed by atoms with Crippen LogP contribution in [0.15, 0.2) is 22.7 Å². The summed E-state index contributed by atoms with van der Waals surface area (Å²) in [7, 11) is 0. The molecule has 0 atom stereocenters. The lowest BCUT2D eigenvalue weighted by atomic mass is 10.3. The van der Waals surface area contributed by atoms with Crippen molar-refractivity contribution < 1.29 is 9.66 Å². The molecule has 0 bridgehead atoms. The van der Waals surface area contributed by atoms with Gasteiger partial charge >= 0.3 is 0 Å². The Kier molecular flexibility index (Phi) is 4.16. The molecule has 0 spiro atoms. The van der Waals surface area contributed by atoms with Crippen LogP contribution < -0.4 is 4.74 Å². The molecule has 1 rings (SSSR count). The number of rotatable bonds is 4. The first-order valence-electron chi connectivity index (χ1n) is 3.78. The Labute approximate surface area is 94.1 Å². The van der Waals surface area contributed by atoms with Gasteiger partial charge in [0.1, 0.15) is 16.8 Å². The van der Waals surface area contributed by atoms with Gasteiger partial charge in [0.2, 0.25) is 0 Å². The van der Waals surface area contributed by atoms with Crippen LogP contribution in [-0.2, 0) is 0 Å². The second kappa shape index (κ2) is 5.17. The average molecular weight is 281 g/mol. The van der Waals surface area contributed by atoms with Crippen LogP contribution in [0.3, 0.4) is 0 Å². The average Bonchev–Trinajstić information content (AvgIpc) is 2.16. The number of ether oxygens (including phenoxy) is 1. The van der Waals surface area contributed by atoms with E-state index in [4.69, 9.17) is 16.3 Å². The van der Waals surface area contributed by atoms with E-state index in [2.05, 4.69) is 15.9 Å². The maximum Gasteiger partial charge on any atom is 0.287 e. The van der Waals surface area contributed by atoms with Crippen LogP contribution in [0, 0.1) is 10.1 Å². The summed E-state index contributed by atoms with van der Waals surface area (Å²) in [6.07, 6.45) is 0. The van der Waals surface area contributed by atoms with Gasteiger partial charge in [-0.1, -0.05) is 6.07 Å². The maximum atomic E-state index is 10.5. The third kappa shape index (κ3) is 2.59. The van der Waals surface area contributed by atoms with Crippen molar-refractivity contribution in [1.29, 1.82) is 0 Å². The quantitative estimate of drug-likeness (QED) is 0.484. The predicted molar refractivity (Wildman–Crippen MR) is 57.0 cm³/mol. The molecule has 76 valence electrons. The van der Waals surface area contributed by atoms with Gasteiger partial charge in [0.15, 0.2) is 0 Å². The number of alkyl halides is 1. The molecule has 0 unspecified atom stereocenters. The van der Waals surface area contributed by atoms with Gasteiger partial charge in [0.25, 0.3) is 5.69 Å². The van der Waals surface area contributed by atoms with Crippen LogP contribution in [-0.4, -0.2) is 17.4 Å². The second-order valence-corrected chi connectivity index (χ2v) is 3.55. The lowest BCUT2D eigenvalue weighted by Crippen LogP contribution is -1.99. The highest BCUT2D eigenvalue weighted by molar-refractivity contribution is 9.10. The molecule has 1 aromatic rings. The van der Waals surface area contributed by atoms with E-state index in [9.17, 15) is 10.1 Å². The zero-order valence-corrected chi connectivity index (χ0v) is 9.42. The van der Waals surface area contributed by atoms with Crippen LogP contribution >= 0.6 is 27.5 Å². The molecular weight excluding hydrogens is 273 g/mol. The fourth-order valence-electron chi connectivity index (χ4n) is 0.900. The van der Waals surface area contributed by atoms with Gasteiger partial charge in [-0.15, -0.1) is 11.6 Å². The van der Waals surface area contributed by atoms with Gasteiger partial charge in [-0.2, -0.15) is 0 Å². The lowest BCUT2D eigenvalue weighted by Gasteiger charge is -2.05. The molecule has 0 N–H and O–H groups in total. The molecule has 0 saturated carbocycles. The topological polar surface area (TPSA) is 52.4 Å². The van der Waals surface area contributed by atoms with E-state index >= 15 is 0 Å². The van der Waals surface area contributed by atoms with Crippen molar-refractivity contribution >= 4 is 33.2 Å². The first-order valence-corrected chi connectivity index (χ1v) is 5.11. The van der Waals surface area contributed by atoms with Crippen molar-refractivity contribution in [1.82, 2.24) is 0 Å². The molecule has 4 nitrogen and oxygen atoms in total. The SMILES string of the molecule is O=[N+]([O-])c1cccc(OCCCl)c1Br. The summed E-state index contributed by atoms with van der Waals surface area (Å²) >= 11 is 8.53. The van der Waals surface area contributed by atoms with E-state index in [0.717, 1.165) is 0 Å². The molecule has 0 aliphatic heterocycles. The highest BCUT2D eigenvalue weighted by Gasteiger charge is 2.15. The van der Waals surface area contributed by atoms with Gasteiger partial charge in [-0.05, 0) is 22.0 Å². The first-order chi connectivity index (χ1) is 6.66. The van der Waals surface area contributed by atoms with E-state index < -0.39 is 4.92 Å². The van der Waals surface area contributed by atoms with Crippen molar-refractivity contribution in [3.8, 4) is 5.75 Å². The molecule has 0 aliphatic rings. The van der Waals surface area contributed by atoms with E-state index in [1.54, 1.807) is 12.1 Å². The minimum Gasteiger partial charge on any atom is -0.491 e. The number of nitro benzene ring substituents is 1. The van der Waals surface area contributed by atoms with E-state index in [1.165, 1.54) is 6.07 Å². The third-order valence-electron chi connectivity index (χ3n) is 1.47. The third-order valence-corrected chi connectivity index (χ3v) is 2.43. The molecular formula is C8H7BrClNO3. The van der Waals surface area contributed by atoms with Gasteiger partial charge in [-0.25, -0.2) is 0 Å². The Hall–Kier alpha value is -0.810. The molecule has 1 aromatic carbocycles. The Morgan fingerprint density at radius 1 is 1.57 bits per heavy atom. The predicted octanol–water partition coefficient (Wildman–Crippen LogP) is 2.97. The maximum absolute atomic E-state index is 10.5. The molecule has 0 amide bonds. The molecule has 0 aromatic heterocycles. The number of hydrogen-bond acceptors (Lipinski definition) is 3. The molecule has 0 heterocycles. The molecule has 0 fully saturated rings. The van der Waals surface area contributed by atoms with Gasteiger partial charge in [-0.3, -0.25) is 10.1 Å². The van der Waals surface area contributed by atoms with Crippen LogP contribution in [0.1, 0.15) is 0 Å². The van der Waals surface area contributed by atoms with Crippen molar-refractivity contribution in [3.05, 3.63) is 32.8 Å². The van der Waals surface area contributed by atoms with Crippen molar-refractivity contribution in [3.63, 3.8) is 0 Å². The Morgan fingerprint density at radius 3 is 2.86 bits per heavy atom. The summed E-state index contributed by atoms with van der Waals surface area (Å²) < 4.78 is 5.54. The number of hydrogen-bond donors (Lipinski definition) is 0. The highest BCUT2D eigenvalue weighted by atomic mass is 79.9. The smallest absolute Gasteiger partial charge is 0.287 e. The number of nitro groups is 1. The van der Waals surface area contributed by atoms with Crippen LogP contribution in [0.5, 0.6) is 5.75 Å². The van der Waals surface area contributed by atoms with Crippen molar-refractivity contribution in [2.75, 3.05) is 12.5 Å². The minimum atomic E-state index is -0.475. The lowest BCUT2D eigenvalue weighted by molar-refractivity contribution is -0.385. The molecule has 6 heteroatoms. The van der Waals surface area contributed by atoms with Gasteiger partial charge in [0, 0.05) is 6.07 Å². The molecule has 0 radical (unpaired) electrons. The minimum absolute atomic E-state index is 0.0166. The first kappa shape index (κ1) is 11.3. The Bertz CT molecular complexity index is 345. The van der Waals surface area contributed by atoms with Gasteiger partial charge < -0.3 is 4.74 Å². The van der Waals surface area contributed by atoms with Crippen LogP contribution in [0.25, 0.3) is 0 Å². The monoisotopic (exact) mass is 279 g/mol. The van der Waals surface area contributed by atoms with Gasteiger partial charge in [0.05, 0.1) is 10.8 Å². The van der Waals surface area contributed by atoms with Crippen molar-refractivity contribution in [2.45, 2.75) is 0 Å². The summed E-state index contributed by atoms with van der Waals surface area (Å²) in [5.41, 5.74) is -0.0166. The fraction of sp³-hybridized carbons (Fsp3) is 0.250. The summed E-state index contributed by atoms with van der Waals surface area (Å²) in [5, 5.41) is 10.5. The normalized spacial score (nSPS) is 9.86. The fourth-order valence-corrected chi connectivity index (χ4v) is 1.50. The van der Waals surface area contributed by atoms with Crippen molar-refractivity contribution in [2.24, 2.45) is 0 Å². The summed E-state index contributed by atoms with van der Waals surface area (Å²) in [6, 6.07) is 4.60. The standard InChI is InChI=1S/C8H7BrClNO3/c9-8-6(11(12)13)2-1-3-7(8)14-5-4-10/h1-3H,4-5H2. The van der Waals surface area contributed by atoms with E-state index in [-0.39, 0.29) is 5.69 Å². The number of nitrogens with zero attached hydrogens (tertiary/aromatic N) is 1. The zero-order valence-electron chi connectivity index (χ0n) is 7.07. The largest absolute Gasteiger partial charge is 0.491 e. The number of benzene rings is 1. The summed E-state index contributed by atoms with van der Waals surface area (Å²) in [5.74, 6) is 0.773. The van der Waals surface area contributed by atoms with Crippen LogP contribution in [0.2, 0.25) is 0 Å². The molecule has 0 aliphatic carbocycles. The summed E-state index contributed by atoms with van der Waals surface area (Å²) in [6.45, 7) is 0.321. The van der Waals surface area contributed by atoms with E-state index in [0.29, 0.717) is 22.7 Å². The zero-order chi connectivity index (χ0) is 10.6. The summed E-state index contributed by atoms with van der Waals surface area (Å²) in [4.78, 5) is 10.1. The Morgan fingerprint density at radius 2 is 2.29 bits per heavy atom.